The predicted octanol–water partition coefficient (Wildman–Crippen LogP) is 2.43. The summed E-state index contributed by atoms with van der Waals surface area (Å²) < 4.78 is 12.7. The zero-order chi connectivity index (χ0) is 15.1. The molecule has 2 N–H and O–H groups in total. The van der Waals surface area contributed by atoms with E-state index in [2.05, 4.69) is 16.7 Å². The minimum Gasteiger partial charge on any atom is -0.325 e. The standard InChI is InChI=1S/C16H14FN3O/c17-14-4-6-15(7-5-14)20-16(21)11-19-10-13-3-1-2-12(8-13)9-18/h1-8,19H,10-11H2,(H,20,21). The number of hydrogen-bond donors (Lipinski definition) is 2. The Hall–Kier alpha value is -2.71. The molecule has 0 aliphatic rings. The number of rotatable bonds is 5. The molecule has 106 valence electrons. The normalized spacial score (nSPS) is 9.90. The van der Waals surface area contributed by atoms with E-state index in [-0.39, 0.29) is 18.3 Å². The highest BCUT2D eigenvalue weighted by molar-refractivity contribution is 5.92. The molecule has 0 saturated heterocycles. The Morgan fingerprint density at radius 2 is 1.95 bits per heavy atom. The molecule has 2 aromatic rings. The van der Waals surface area contributed by atoms with E-state index in [1.54, 1.807) is 18.2 Å². The number of carbonyl (C=O) groups excluding carboxylic acids is 1. The Morgan fingerprint density at radius 1 is 1.19 bits per heavy atom. The van der Waals surface area contributed by atoms with Crippen molar-refractivity contribution in [3.8, 4) is 6.07 Å². The highest BCUT2D eigenvalue weighted by Gasteiger charge is 2.02. The largest absolute Gasteiger partial charge is 0.325 e. The highest BCUT2D eigenvalue weighted by Crippen LogP contribution is 2.08. The van der Waals surface area contributed by atoms with Crippen molar-refractivity contribution in [1.82, 2.24) is 5.32 Å². The molecule has 0 atom stereocenters. The van der Waals surface area contributed by atoms with Crippen LogP contribution in [-0.4, -0.2) is 12.5 Å². The Morgan fingerprint density at radius 3 is 2.67 bits per heavy atom. The SMILES string of the molecule is N#Cc1cccc(CNCC(=O)Nc2ccc(F)cc2)c1. The summed E-state index contributed by atoms with van der Waals surface area (Å²) in [5, 5.41) is 14.4. The quantitative estimate of drug-likeness (QED) is 0.885. The second-order valence-electron chi connectivity index (χ2n) is 4.47. The fourth-order valence-electron chi connectivity index (χ4n) is 1.81. The van der Waals surface area contributed by atoms with Crippen LogP contribution in [0, 0.1) is 17.1 Å². The number of halogens is 1. The van der Waals surface area contributed by atoms with Gasteiger partial charge in [-0.15, -0.1) is 0 Å². The first-order valence-electron chi connectivity index (χ1n) is 6.42. The van der Waals surface area contributed by atoms with Crippen molar-refractivity contribution < 1.29 is 9.18 Å². The Kier molecular flexibility index (Phi) is 5.02. The van der Waals surface area contributed by atoms with Gasteiger partial charge in [0.15, 0.2) is 0 Å². The van der Waals surface area contributed by atoms with Gasteiger partial charge in [0.05, 0.1) is 18.2 Å². The van der Waals surface area contributed by atoms with E-state index in [0.717, 1.165) is 5.56 Å². The van der Waals surface area contributed by atoms with Crippen molar-refractivity contribution in [3.63, 3.8) is 0 Å². The van der Waals surface area contributed by atoms with Crippen molar-refractivity contribution in [1.29, 1.82) is 5.26 Å². The first-order chi connectivity index (χ1) is 10.2. The number of hydrogen-bond acceptors (Lipinski definition) is 3. The molecule has 1 amide bonds. The molecule has 0 aromatic heterocycles. The first-order valence-corrected chi connectivity index (χ1v) is 6.42. The topological polar surface area (TPSA) is 64.9 Å². The van der Waals surface area contributed by atoms with Gasteiger partial charge in [0, 0.05) is 12.2 Å². The summed E-state index contributed by atoms with van der Waals surface area (Å²) in [5.41, 5.74) is 2.07. The summed E-state index contributed by atoms with van der Waals surface area (Å²) in [6, 6.07) is 14.8. The fourth-order valence-corrected chi connectivity index (χ4v) is 1.81. The minimum atomic E-state index is -0.344. The Labute approximate surface area is 122 Å². The lowest BCUT2D eigenvalue weighted by molar-refractivity contribution is -0.115. The lowest BCUT2D eigenvalue weighted by Crippen LogP contribution is -2.27. The van der Waals surface area contributed by atoms with Crippen molar-refractivity contribution in [2.45, 2.75) is 6.54 Å². The van der Waals surface area contributed by atoms with Gasteiger partial charge in [-0.05, 0) is 42.0 Å². The summed E-state index contributed by atoms with van der Waals surface area (Å²) in [4.78, 5) is 11.7. The van der Waals surface area contributed by atoms with Crippen molar-refractivity contribution >= 4 is 11.6 Å². The van der Waals surface area contributed by atoms with Gasteiger partial charge in [-0.3, -0.25) is 4.79 Å². The number of nitrogens with zero attached hydrogens (tertiary/aromatic N) is 1. The van der Waals surface area contributed by atoms with Crippen LogP contribution < -0.4 is 10.6 Å². The molecular weight excluding hydrogens is 269 g/mol. The van der Waals surface area contributed by atoms with Crippen LogP contribution >= 0.6 is 0 Å². The van der Waals surface area contributed by atoms with Gasteiger partial charge in [-0.1, -0.05) is 12.1 Å². The average molecular weight is 283 g/mol. The van der Waals surface area contributed by atoms with E-state index in [9.17, 15) is 9.18 Å². The third-order valence-corrected chi connectivity index (χ3v) is 2.80. The van der Waals surface area contributed by atoms with Crippen LogP contribution in [0.1, 0.15) is 11.1 Å². The lowest BCUT2D eigenvalue weighted by Gasteiger charge is -2.07. The van der Waals surface area contributed by atoms with Crippen LogP contribution in [0.2, 0.25) is 0 Å². The molecule has 2 rings (SSSR count). The van der Waals surface area contributed by atoms with Crippen LogP contribution in [0.15, 0.2) is 48.5 Å². The highest BCUT2D eigenvalue weighted by atomic mass is 19.1. The zero-order valence-electron chi connectivity index (χ0n) is 11.3. The fraction of sp³-hybridized carbons (Fsp3) is 0.125. The van der Waals surface area contributed by atoms with Crippen molar-refractivity contribution in [3.05, 3.63) is 65.5 Å². The van der Waals surface area contributed by atoms with Gasteiger partial charge in [0.25, 0.3) is 0 Å². The summed E-state index contributed by atoms with van der Waals surface area (Å²) >= 11 is 0. The van der Waals surface area contributed by atoms with E-state index in [4.69, 9.17) is 5.26 Å². The number of carbonyl (C=O) groups is 1. The van der Waals surface area contributed by atoms with Crippen molar-refractivity contribution in [2.75, 3.05) is 11.9 Å². The van der Waals surface area contributed by atoms with Gasteiger partial charge in [-0.2, -0.15) is 5.26 Å². The Bertz CT molecular complexity index is 662. The molecule has 0 radical (unpaired) electrons. The van der Waals surface area contributed by atoms with Gasteiger partial charge < -0.3 is 10.6 Å². The predicted molar refractivity (Wildman–Crippen MR) is 77.9 cm³/mol. The molecule has 0 aliphatic carbocycles. The van der Waals surface area contributed by atoms with Crippen LogP contribution in [0.4, 0.5) is 10.1 Å². The minimum absolute atomic E-state index is 0.133. The van der Waals surface area contributed by atoms with Crippen LogP contribution in [0.25, 0.3) is 0 Å². The molecule has 0 aliphatic heterocycles. The Balaban J connectivity index is 1.79. The second kappa shape index (κ2) is 7.17. The lowest BCUT2D eigenvalue weighted by atomic mass is 10.1. The van der Waals surface area contributed by atoms with Gasteiger partial charge in [-0.25, -0.2) is 4.39 Å². The van der Waals surface area contributed by atoms with E-state index in [1.807, 2.05) is 6.07 Å². The van der Waals surface area contributed by atoms with Crippen LogP contribution in [0.3, 0.4) is 0 Å². The second-order valence-corrected chi connectivity index (χ2v) is 4.47. The molecular formula is C16H14FN3O. The number of benzene rings is 2. The van der Waals surface area contributed by atoms with Crippen LogP contribution in [-0.2, 0) is 11.3 Å². The van der Waals surface area contributed by atoms with Gasteiger partial charge >= 0.3 is 0 Å². The van der Waals surface area contributed by atoms with E-state index < -0.39 is 0 Å². The first kappa shape index (κ1) is 14.7. The van der Waals surface area contributed by atoms with E-state index in [0.29, 0.717) is 17.8 Å². The van der Waals surface area contributed by atoms with Crippen LogP contribution in [0.5, 0.6) is 0 Å². The maximum atomic E-state index is 12.7. The molecule has 0 fully saturated rings. The summed E-state index contributed by atoms with van der Waals surface area (Å²) in [6.45, 7) is 0.626. The van der Waals surface area contributed by atoms with Crippen molar-refractivity contribution in [2.24, 2.45) is 0 Å². The van der Waals surface area contributed by atoms with E-state index in [1.165, 1.54) is 24.3 Å². The molecule has 21 heavy (non-hydrogen) atoms. The maximum absolute atomic E-state index is 12.7. The summed E-state index contributed by atoms with van der Waals surface area (Å²) in [7, 11) is 0. The number of anilines is 1. The molecule has 0 bridgehead atoms. The molecule has 5 heteroatoms. The molecule has 0 spiro atoms. The average Bonchev–Trinajstić information content (AvgIpc) is 2.50. The maximum Gasteiger partial charge on any atom is 0.238 e. The van der Waals surface area contributed by atoms with Gasteiger partial charge in [0.2, 0.25) is 5.91 Å². The number of nitriles is 1. The molecule has 0 saturated carbocycles. The monoisotopic (exact) mass is 283 g/mol. The molecule has 2 aromatic carbocycles. The number of amides is 1. The third-order valence-electron chi connectivity index (χ3n) is 2.80. The molecule has 0 unspecified atom stereocenters. The zero-order valence-corrected chi connectivity index (χ0v) is 11.3. The number of nitrogens with one attached hydrogen (secondary N) is 2. The molecule has 0 heterocycles. The summed E-state index contributed by atoms with van der Waals surface area (Å²) in [5.74, 6) is -0.554. The molecule has 4 nitrogen and oxygen atoms in total. The van der Waals surface area contributed by atoms with E-state index >= 15 is 0 Å². The smallest absolute Gasteiger partial charge is 0.238 e. The van der Waals surface area contributed by atoms with Gasteiger partial charge in [0.1, 0.15) is 5.82 Å². The summed E-state index contributed by atoms with van der Waals surface area (Å²) in [6.07, 6.45) is 0. The third kappa shape index (κ3) is 4.71.